The molecule has 1 amide bonds. The number of anilines is 1. The number of halogens is 1. The van der Waals surface area contributed by atoms with Crippen molar-refractivity contribution in [3.8, 4) is 0 Å². The second-order valence-corrected chi connectivity index (χ2v) is 6.27. The normalized spacial score (nSPS) is 11.3. The summed E-state index contributed by atoms with van der Waals surface area (Å²) in [7, 11) is 0. The molecule has 6 heteroatoms. The fraction of sp³-hybridized carbons (Fsp3) is 0.0667. The van der Waals surface area contributed by atoms with Crippen LogP contribution in [0.5, 0.6) is 0 Å². The van der Waals surface area contributed by atoms with E-state index in [-0.39, 0.29) is 5.91 Å². The maximum absolute atomic E-state index is 12.0. The van der Waals surface area contributed by atoms with Crippen LogP contribution in [0.1, 0.15) is 11.3 Å². The molecule has 0 fully saturated rings. The van der Waals surface area contributed by atoms with E-state index in [1.807, 2.05) is 41.1 Å². The molecule has 21 heavy (non-hydrogen) atoms. The van der Waals surface area contributed by atoms with Crippen LogP contribution < -0.4 is 5.32 Å². The van der Waals surface area contributed by atoms with Crippen LogP contribution >= 0.6 is 27.3 Å². The van der Waals surface area contributed by atoms with Gasteiger partial charge in [-0.2, -0.15) is 0 Å². The number of carbonyl (C=O) groups is 1. The van der Waals surface area contributed by atoms with Crippen LogP contribution in [0.15, 0.2) is 46.5 Å². The van der Waals surface area contributed by atoms with E-state index in [0.717, 1.165) is 26.4 Å². The zero-order chi connectivity index (χ0) is 14.8. The number of hydrogen-bond acceptors (Lipinski definition) is 3. The molecule has 0 radical (unpaired) electrons. The maximum Gasteiger partial charge on any atom is 0.248 e. The van der Waals surface area contributed by atoms with Gasteiger partial charge in [0.15, 0.2) is 4.96 Å². The van der Waals surface area contributed by atoms with E-state index in [4.69, 9.17) is 0 Å². The number of thiazole rings is 1. The minimum atomic E-state index is -0.176. The fourth-order valence-corrected chi connectivity index (χ4v) is 3.22. The summed E-state index contributed by atoms with van der Waals surface area (Å²) in [5.74, 6) is -0.176. The maximum atomic E-state index is 12.0. The quantitative estimate of drug-likeness (QED) is 0.713. The van der Waals surface area contributed by atoms with E-state index in [9.17, 15) is 4.79 Å². The van der Waals surface area contributed by atoms with Crippen molar-refractivity contribution in [2.45, 2.75) is 6.92 Å². The zero-order valence-electron chi connectivity index (χ0n) is 11.2. The van der Waals surface area contributed by atoms with Crippen molar-refractivity contribution in [3.05, 3.63) is 57.8 Å². The van der Waals surface area contributed by atoms with Crippen molar-refractivity contribution < 1.29 is 4.79 Å². The second kappa shape index (κ2) is 5.83. The molecule has 1 aromatic carbocycles. The van der Waals surface area contributed by atoms with Gasteiger partial charge in [-0.15, -0.1) is 11.3 Å². The summed E-state index contributed by atoms with van der Waals surface area (Å²) in [5.41, 5.74) is 2.77. The number of benzene rings is 1. The van der Waals surface area contributed by atoms with Gasteiger partial charge in [-0.05, 0) is 46.6 Å². The van der Waals surface area contributed by atoms with Gasteiger partial charge in [0.05, 0.1) is 17.6 Å². The smallest absolute Gasteiger partial charge is 0.248 e. The van der Waals surface area contributed by atoms with Crippen LogP contribution in [-0.2, 0) is 4.79 Å². The first kappa shape index (κ1) is 14.0. The van der Waals surface area contributed by atoms with Crippen LogP contribution in [0.2, 0.25) is 0 Å². The highest BCUT2D eigenvalue weighted by Crippen LogP contribution is 2.23. The number of hydrogen-bond donors (Lipinski definition) is 1. The highest BCUT2D eigenvalue weighted by atomic mass is 79.9. The first-order valence-electron chi connectivity index (χ1n) is 6.29. The summed E-state index contributed by atoms with van der Waals surface area (Å²) in [5, 5.41) is 4.80. The Morgan fingerprint density at radius 2 is 2.33 bits per heavy atom. The Bertz CT molecular complexity index is 834. The minimum absolute atomic E-state index is 0.176. The molecule has 0 atom stereocenters. The molecular formula is C15H12BrN3OS. The Hall–Kier alpha value is -1.92. The number of nitrogens with one attached hydrogen (secondary N) is 1. The Kier molecular flexibility index (Phi) is 3.90. The number of nitrogens with zero attached hydrogens (tertiary/aromatic N) is 2. The van der Waals surface area contributed by atoms with E-state index >= 15 is 0 Å². The van der Waals surface area contributed by atoms with Gasteiger partial charge in [0.25, 0.3) is 0 Å². The molecule has 0 bridgehead atoms. The number of carbonyl (C=O) groups excluding carboxylic acids is 1. The third-order valence-electron chi connectivity index (χ3n) is 2.96. The average molecular weight is 362 g/mol. The largest absolute Gasteiger partial charge is 0.321 e. The van der Waals surface area contributed by atoms with Crippen LogP contribution in [-0.4, -0.2) is 15.3 Å². The van der Waals surface area contributed by atoms with Crippen molar-refractivity contribution in [2.24, 2.45) is 0 Å². The molecule has 2 aromatic heterocycles. The molecule has 3 rings (SSSR count). The number of fused-ring (bicyclic) bond motifs is 1. The Labute approximate surface area is 134 Å². The Morgan fingerprint density at radius 3 is 3.14 bits per heavy atom. The minimum Gasteiger partial charge on any atom is -0.321 e. The number of aromatic nitrogens is 2. The van der Waals surface area contributed by atoms with Crippen molar-refractivity contribution in [1.29, 1.82) is 0 Å². The number of amides is 1. The molecule has 0 aliphatic carbocycles. The van der Waals surface area contributed by atoms with Gasteiger partial charge in [0, 0.05) is 22.1 Å². The molecule has 106 valence electrons. The van der Waals surface area contributed by atoms with E-state index < -0.39 is 0 Å². The van der Waals surface area contributed by atoms with Crippen LogP contribution in [0.3, 0.4) is 0 Å². The lowest BCUT2D eigenvalue weighted by atomic mass is 10.2. The predicted molar refractivity (Wildman–Crippen MR) is 89.6 cm³/mol. The van der Waals surface area contributed by atoms with Gasteiger partial charge in [-0.3, -0.25) is 9.20 Å². The molecule has 0 spiro atoms. The molecule has 0 aliphatic heterocycles. The van der Waals surface area contributed by atoms with Crippen molar-refractivity contribution >= 4 is 49.9 Å². The van der Waals surface area contributed by atoms with Crippen molar-refractivity contribution in [1.82, 2.24) is 9.38 Å². The van der Waals surface area contributed by atoms with Gasteiger partial charge in [-0.25, -0.2) is 4.98 Å². The second-order valence-electron chi connectivity index (χ2n) is 4.54. The summed E-state index contributed by atoms with van der Waals surface area (Å²) < 4.78 is 2.81. The van der Waals surface area contributed by atoms with Crippen LogP contribution in [0, 0.1) is 6.92 Å². The lowest BCUT2D eigenvalue weighted by Gasteiger charge is -2.05. The van der Waals surface area contributed by atoms with Crippen molar-refractivity contribution in [3.63, 3.8) is 0 Å². The Balaban J connectivity index is 1.74. The monoisotopic (exact) mass is 361 g/mol. The van der Waals surface area contributed by atoms with E-state index in [1.165, 1.54) is 6.08 Å². The van der Waals surface area contributed by atoms with Crippen LogP contribution in [0.25, 0.3) is 11.0 Å². The summed E-state index contributed by atoms with van der Waals surface area (Å²) in [4.78, 5) is 17.1. The van der Waals surface area contributed by atoms with Gasteiger partial charge in [-0.1, -0.05) is 6.07 Å². The summed E-state index contributed by atoms with van der Waals surface area (Å²) >= 11 is 5.00. The van der Waals surface area contributed by atoms with Gasteiger partial charge in [0.1, 0.15) is 0 Å². The predicted octanol–water partition coefficient (Wildman–Crippen LogP) is 4.12. The molecule has 3 aromatic rings. The molecule has 2 heterocycles. The average Bonchev–Trinajstić information content (AvgIpc) is 3.03. The van der Waals surface area contributed by atoms with E-state index in [2.05, 4.69) is 26.2 Å². The SMILES string of the molecule is Cc1ccc(NC(=O)/C=C/c2cnc3sccn23)c(Br)c1. The lowest BCUT2D eigenvalue weighted by molar-refractivity contribution is -0.111. The van der Waals surface area contributed by atoms with Gasteiger partial charge >= 0.3 is 0 Å². The zero-order valence-corrected chi connectivity index (χ0v) is 13.6. The molecular weight excluding hydrogens is 350 g/mol. The fourth-order valence-electron chi connectivity index (χ4n) is 1.93. The molecule has 4 nitrogen and oxygen atoms in total. The number of aryl methyl sites for hydroxylation is 1. The highest BCUT2D eigenvalue weighted by Gasteiger charge is 2.04. The third kappa shape index (κ3) is 3.06. The first-order chi connectivity index (χ1) is 10.1. The standard InChI is InChI=1S/C15H12BrN3OS/c1-10-2-4-13(12(16)8-10)18-14(20)5-3-11-9-17-15-19(11)6-7-21-15/h2-9H,1H3,(H,18,20)/b5-3+. The van der Waals surface area contributed by atoms with Crippen LogP contribution in [0.4, 0.5) is 5.69 Å². The van der Waals surface area contributed by atoms with Gasteiger partial charge in [0.2, 0.25) is 5.91 Å². The van der Waals surface area contributed by atoms with E-state index in [1.54, 1.807) is 23.6 Å². The van der Waals surface area contributed by atoms with Crippen molar-refractivity contribution in [2.75, 3.05) is 5.32 Å². The molecule has 0 saturated heterocycles. The summed E-state index contributed by atoms with van der Waals surface area (Å²) in [6.45, 7) is 2.00. The number of imidazole rings is 1. The van der Waals surface area contributed by atoms with E-state index in [0.29, 0.717) is 0 Å². The number of rotatable bonds is 3. The molecule has 0 aliphatic rings. The third-order valence-corrected chi connectivity index (χ3v) is 4.39. The molecule has 0 saturated carbocycles. The summed E-state index contributed by atoms with van der Waals surface area (Å²) in [6.07, 6.45) is 6.94. The lowest BCUT2D eigenvalue weighted by Crippen LogP contribution is -2.08. The Morgan fingerprint density at radius 1 is 1.48 bits per heavy atom. The first-order valence-corrected chi connectivity index (χ1v) is 7.96. The molecule has 0 unspecified atom stereocenters. The molecule has 1 N–H and O–H groups in total. The van der Waals surface area contributed by atoms with Gasteiger partial charge < -0.3 is 5.32 Å². The summed E-state index contributed by atoms with van der Waals surface area (Å²) in [6, 6.07) is 5.79. The highest BCUT2D eigenvalue weighted by molar-refractivity contribution is 9.10. The topological polar surface area (TPSA) is 46.4 Å².